The summed E-state index contributed by atoms with van der Waals surface area (Å²) in [5.41, 5.74) is 0. The lowest BCUT2D eigenvalue weighted by Crippen LogP contribution is -2.46. The maximum Gasteiger partial charge on any atom is 0.242 e. The van der Waals surface area contributed by atoms with Gasteiger partial charge < -0.3 is 20.7 Å². The molecule has 1 fully saturated rings. The fourth-order valence-corrected chi connectivity index (χ4v) is 2.62. The first-order chi connectivity index (χ1) is 10.0. The van der Waals surface area contributed by atoms with Crippen molar-refractivity contribution in [3.05, 3.63) is 0 Å². The summed E-state index contributed by atoms with van der Waals surface area (Å²) in [5.74, 6) is 0.659. The molecule has 3 N–H and O–H groups in total. The van der Waals surface area contributed by atoms with Crippen LogP contribution in [0.3, 0.4) is 0 Å². The largest absolute Gasteiger partial charge is 0.383 e. The molecule has 0 saturated carbocycles. The number of nitrogens with one attached hydrogen (secondary N) is 3. The van der Waals surface area contributed by atoms with Gasteiger partial charge in [0, 0.05) is 20.1 Å². The van der Waals surface area contributed by atoms with E-state index in [1.54, 1.807) is 14.0 Å². The van der Waals surface area contributed by atoms with Gasteiger partial charge >= 0.3 is 0 Å². The number of hydrogen-bond donors (Lipinski definition) is 3. The fourth-order valence-electron chi connectivity index (χ4n) is 2.62. The van der Waals surface area contributed by atoms with Crippen molar-refractivity contribution in [1.29, 1.82) is 0 Å². The van der Waals surface area contributed by atoms with Crippen LogP contribution in [-0.2, 0) is 14.3 Å². The molecular formula is C15H29N3O3. The van der Waals surface area contributed by atoms with Gasteiger partial charge in [-0.2, -0.15) is 0 Å². The second-order valence-corrected chi connectivity index (χ2v) is 5.86. The Morgan fingerprint density at radius 1 is 1.38 bits per heavy atom. The quantitative estimate of drug-likeness (QED) is 0.563. The van der Waals surface area contributed by atoms with Crippen LogP contribution in [-0.4, -0.2) is 51.2 Å². The van der Waals surface area contributed by atoms with Gasteiger partial charge in [-0.05, 0) is 44.7 Å². The number of rotatable bonds is 8. The zero-order valence-electron chi connectivity index (χ0n) is 13.4. The van der Waals surface area contributed by atoms with Crippen molar-refractivity contribution in [1.82, 2.24) is 16.0 Å². The van der Waals surface area contributed by atoms with Gasteiger partial charge in [-0.25, -0.2) is 0 Å². The van der Waals surface area contributed by atoms with Gasteiger partial charge in [-0.15, -0.1) is 0 Å². The molecule has 1 aliphatic rings. The van der Waals surface area contributed by atoms with Gasteiger partial charge in [0.05, 0.1) is 6.61 Å². The lowest BCUT2D eigenvalue weighted by atomic mass is 9.85. The molecule has 0 aromatic rings. The molecule has 3 unspecified atom stereocenters. The van der Waals surface area contributed by atoms with E-state index in [1.807, 2.05) is 0 Å². The van der Waals surface area contributed by atoms with E-state index in [0.717, 1.165) is 13.1 Å². The first-order valence-corrected chi connectivity index (χ1v) is 7.81. The van der Waals surface area contributed by atoms with E-state index in [0.29, 0.717) is 31.4 Å². The molecule has 0 aromatic heterocycles. The standard InChI is InChI=1S/C15H29N3O3/c1-11(13-5-4-6-16-10-13)9-14(19)18-12(2)15(20)17-7-8-21-3/h11-13,16H,4-10H2,1-3H3,(H,17,20)(H,18,19). The van der Waals surface area contributed by atoms with E-state index in [9.17, 15) is 9.59 Å². The lowest BCUT2D eigenvalue weighted by Gasteiger charge is -2.28. The molecule has 0 spiro atoms. The van der Waals surface area contributed by atoms with Crippen LogP contribution < -0.4 is 16.0 Å². The van der Waals surface area contributed by atoms with Crippen molar-refractivity contribution in [3.63, 3.8) is 0 Å². The van der Waals surface area contributed by atoms with E-state index in [1.165, 1.54) is 12.8 Å². The average Bonchev–Trinajstić information content (AvgIpc) is 2.48. The second-order valence-electron chi connectivity index (χ2n) is 5.86. The van der Waals surface area contributed by atoms with Gasteiger partial charge in [0.15, 0.2) is 0 Å². The Morgan fingerprint density at radius 2 is 2.14 bits per heavy atom. The molecule has 0 radical (unpaired) electrons. The van der Waals surface area contributed by atoms with Crippen LogP contribution >= 0.6 is 0 Å². The molecule has 2 amide bonds. The number of carbonyl (C=O) groups is 2. The van der Waals surface area contributed by atoms with E-state index < -0.39 is 6.04 Å². The third-order valence-electron chi connectivity index (χ3n) is 4.02. The topological polar surface area (TPSA) is 79.5 Å². The summed E-state index contributed by atoms with van der Waals surface area (Å²) < 4.78 is 4.86. The number of ether oxygens (including phenoxy) is 1. The molecule has 3 atom stereocenters. The number of carbonyl (C=O) groups excluding carboxylic acids is 2. The SMILES string of the molecule is COCCNC(=O)C(C)NC(=O)CC(C)C1CCCNC1. The van der Waals surface area contributed by atoms with Gasteiger partial charge in [0.1, 0.15) is 6.04 Å². The van der Waals surface area contributed by atoms with Crippen LogP contribution in [0.1, 0.15) is 33.1 Å². The average molecular weight is 299 g/mol. The summed E-state index contributed by atoms with van der Waals surface area (Å²) in [6, 6.07) is -0.508. The zero-order valence-corrected chi connectivity index (χ0v) is 13.4. The fraction of sp³-hybridized carbons (Fsp3) is 0.867. The Morgan fingerprint density at radius 3 is 2.76 bits per heavy atom. The summed E-state index contributed by atoms with van der Waals surface area (Å²) in [6.45, 7) is 6.81. The maximum atomic E-state index is 12.0. The van der Waals surface area contributed by atoms with Crippen molar-refractivity contribution < 1.29 is 14.3 Å². The van der Waals surface area contributed by atoms with Crippen molar-refractivity contribution >= 4 is 11.8 Å². The Bertz CT molecular complexity index is 330. The van der Waals surface area contributed by atoms with Gasteiger partial charge in [0.25, 0.3) is 0 Å². The van der Waals surface area contributed by atoms with E-state index in [-0.39, 0.29) is 11.8 Å². The third kappa shape index (κ3) is 6.91. The number of hydrogen-bond acceptors (Lipinski definition) is 4. The lowest BCUT2D eigenvalue weighted by molar-refractivity contribution is -0.129. The summed E-state index contributed by atoms with van der Waals surface area (Å²) in [4.78, 5) is 23.8. The molecule has 6 nitrogen and oxygen atoms in total. The van der Waals surface area contributed by atoms with Crippen molar-refractivity contribution in [3.8, 4) is 0 Å². The highest BCUT2D eigenvalue weighted by atomic mass is 16.5. The number of piperidine rings is 1. The summed E-state index contributed by atoms with van der Waals surface area (Å²) in [6.07, 6.45) is 2.82. The number of amides is 2. The van der Waals surface area contributed by atoms with Crippen LogP contribution in [0.25, 0.3) is 0 Å². The Labute approximate surface area is 127 Å². The Balaban J connectivity index is 2.26. The van der Waals surface area contributed by atoms with E-state index in [2.05, 4.69) is 22.9 Å². The molecule has 1 saturated heterocycles. The minimum atomic E-state index is -0.508. The smallest absolute Gasteiger partial charge is 0.242 e. The van der Waals surface area contributed by atoms with Crippen LogP contribution in [0, 0.1) is 11.8 Å². The minimum Gasteiger partial charge on any atom is -0.383 e. The summed E-state index contributed by atoms with van der Waals surface area (Å²) in [7, 11) is 1.58. The molecule has 6 heteroatoms. The summed E-state index contributed by atoms with van der Waals surface area (Å²) in [5, 5.41) is 8.85. The highest BCUT2D eigenvalue weighted by Gasteiger charge is 2.23. The monoisotopic (exact) mass is 299 g/mol. The highest BCUT2D eigenvalue weighted by Crippen LogP contribution is 2.22. The van der Waals surface area contributed by atoms with Crippen molar-refractivity contribution in [2.45, 2.75) is 39.2 Å². The molecular weight excluding hydrogens is 270 g/mol. The van der Waals surface area contributed by atoms with Crippen molar-refractivity contribution in [2.75, 3.05) is 33.4 Å². The molecule has 122 valence electrons. The molecule has 0 aliphatic carbocycles. The molecule has 21 heavy (non-hydrogen) atoms. The van der Waals surface area contributed by atoms with Crippen LogP contribution in [0.5, 0.6) is 0 Å². The maximum absolute atomic E-state index is 12.0. The van der Waals surface area contributed by atoms with Crippen LogP contribution in [0.4, 0.5) is 0 Å². The zero-order chi connectivity index (χ0) is 15.7. The Kier molecular flexibility index (Phi) is 8.30. The highest BCUT2D eigenvalue weighted by molar-refractivity contribution is 5.87. The minimum absolute atomic E-state index is 0.0533. The van der Waals surface area contributed by atoms with Gasteiger partial charge in [0.2, 0.25) is 11.8 Å². The molecule has 1 heterocycles. The van der Waals surface area contributed by atoms with E-state index >= 15 is 0 Å². The van der Waals surface area contributed by atoms with Crippen LogP contribution in [0.15, 0.2) is 0 Å². The Hall–Kier alpha value is -1.14. The molecule has 0 bridgehead atoms. The summed E-state index contributed by atoms with van der Waals surface area (Å²) >= 11 is 0. The van der Waals surface area contributed by atoms with E-state index in [4.69, 9.17) is 4.74 Å². The predicted molar refractivity (Wildman–Crippen MR) is 81.9 cm³/mol. The molecule has 0 aromatic carbocycles. The predicted octanol–water partition coefficient (Wildman–Crippen LogP) is 0.280. The second kappa shape index (κ2) is 9.73. The van der Waals surface area contributed by atoms with Crippen LogP contribution in [0.2, 0.25) is 0 Å². The first-order valence-electron chi connectivity index (χ1n) is 7.81. The number of methoxy groups -OCH3 is 1. The van der Waals surface area contributed by atoms with Crippen molar-refractivity contribution in [2.24, 2.45) is 11.8 Å². The first kappa shape index (κ1) is 17.9. The third-order valence-corrected chi connectivity index (χ3v) is 4.02. The molecule has 1 aliphatic heterocycles. The normalized spacial score (nSPS) is 21.4. The molecule has 1 rings (SSSR count). The van der Waals surface area contributed by atoms with Gasteiger partial charge in [-0.1, -0.05) is 6.92 Å². The van der Waals surface area contributed by atoms with Gasteiger partial charge in [-0.3, -0.25) is 9.59 Å².